The topological polar surface area (TPSA) is 15.3 Å². The number of halogens is 1. The zero-order valence-corrected chi connectivity index (χ0v) is 13.1. The summed E-state index contributed by atoms with van der Waals surface area (Å²) in [6.07, 6.45) is 0. The van der Waals surface area contributed by atoms with E-state index < -0.39 is 0 Å². The van der Waals surface area contributed by atoms with Crippen LogP contribution in [0.1, 0.15) is 33.3 Å². The van der Waals surface area contributed by atoms with Gasteiger partial charge in [0.15, 0.2) is 0 Å². The molecule has 0 aliphatic heterocycles. The van der Waals surface area contributed by atoms with E-state index in [1.54, 1.807) is 0 Å². The summed E-state index contributed by atoms with van der Waals surface area (Å²) in [5.41, 5.74) is 2.53. The van der Waals surface area contributed by atoms with Crippen molar-refractivity contribution in [3.05, 3.63) is 28.8 Å². The van der Waals surface area contributed by atoms with Gasteiger partial charge in [-0.3, -0.25) is 0 Å². The van der Waals surface area contributed by atoms with Gasteiger partial charge in [-0.15, -0.1) is 0 Å². The second kappa shape index (κ2) is 5.94. The summed E-state index contributed by atoms with van der Waals surface area (Å²) >= 11 is 6.38. The molecule has 1 aromatic rings. The first-order valence-electron chi connectivity index (χ1n) is 6.43. The summed E-state index contributed by atoms with van der Waals surface area (Å²) in [6, 6.07) is 6.70. The molecule has 2 nitrogen and oxygen atoms in total. The molecule has 102 valence electrons. The summed E-state index contributed by atoms with van der Waals surface area (Å²) in [4.78, 5) is 2.26. The number of hydrogen-bond donors (Lipinski definition) is 1. The molecular formula is C15H25ClN2. The molecule has 1 atom stereocenters. The number of hydrogen-bond acceptors (Lipinski definition) is 2. The van der Waals surface area contributed by atoms with E-state index in [1.807, 2.05) is 13.1 Å². The molecule has 0 fully saturated rings. The van der Waals surface area contributed by atoms with Gasteiger partial charge in [0.05, 0.1) is 10.7 Å². The second-order valence-corrected chi connectivity index (χ2v) is 6.38. The molecular weight excluding hydrogens is 244 g/mol. The third-order valence-corrected chi connectivity index (χ3v) is 3.91. The van der Waals surface area contributed by atoms with E-state index in [0.29, 0.717) is 6.04 Å². The van der Waals surface area contributed by atoms with Crippen LogP contribution >= 0.6 is 11.6 Å². The van der Waals surface area contributed by atoms with Crippen molar-refractivity contribution in [2.45, 2.75) is 40.3 Å². The van der Waals surface area contributed by atoms with Gasteiger partial charge in [0, 0.05) is 19.6 Å². The van der Waals surface area contributed by atoms with E-state index in [4.69, 9.17) is 11.6 Å². The molecule has 1 unspecified atom stereocenters. The van der Waals surface area contributed by atoms with E-state index >= 15 is 0 Å². The van der Waals surface area contributed by atoms with E-state index in [1.165, 1.54) is 5.56 Å². The van der Waals surface area contributed by atoms with Crippen LogP contribution in [0.15, 0.2) is 18.2 Å². The molecule has 0 aromatic heterocycles. The second-order valence-electron chi connectivity index (χ2n) is 5.97. The molecule has 0 aliphatic rings. The maximum atomic E-state index is 6.38. The molecule has 0 bridgehead atoms. The lowest BCUT2D eigenvalue weighted by atomic mass is 9.87. The standard InChI is InChI=1S/C15H25ClN2/c1-11(15(2,3)4)18(6)14-8-7-12(10-17-5)9-13(14)16/h7-9,11,17H,10H2,1-6H3. The molecule has 0 radical (unpaired) electrons. The van der Waals surface area contributed by atoms with Gasteiger partial charge in [0.2, 0.25) is 0 Å². The molecule has 1 rings (SSSR count). The quantitative estimate of drug-likeness (QED) is 0.890. The SMILES string of the molecule is CNCc1ccc(N(C)C(C)C(C)(C)C)c(Cl)c1. The van der Waals surface area contributed by atoms with Crippen molar-refractivity contribution in [1.82, 2.24) is 5.32 Å². The molecule has 0 heterocycles. The first-order chi connectivity index (χ1) is 8.27. The van der Waals surface area contributed by atoms with Crippen molar-refractivity contribution < 1.29 is 0 Å². The minimum atomic E-state index is 0.224. The van der Waals surface area contributed by atoms with Gasteiger partial charge >= 0.3 is 0 Å². The van der Waals surface area contributed by atoms with E-state index in [0.717, 1.165) is 17.3 Å². The van der Waals surface area contributed by atoms with Crippen molar-refractivity contribution in [3.8, 4) is 0 Å². The van der Waals surface area contributed by atoms with Crippen molar-refractivity contribution >= 4 is 17.3 Å². The van der Waals surface area contributed by atoms with Crippen molar-refractivity contribution in [2.75, 3.05) is 19.0 Å². The number of rotatable bonds is 4. The number of benzene rings is 1. The van der Waals surface area contributed by atoms with Crippen LogP contribution in [-0.2, 0) is 6.54 Å². The van der Waals surface area contributed by atoms with Gasteiger partial charge < -0.3 is 10.2 Å². The van der Waals surface area contributed by atoms with Gasteiger partial charge in [-0.1, -0.05) is 38.4 Å². The first-order valence-corrected chi connectivity index (χ1v) is 6.81. The van der Waals surface area contributed by atoms with Crippen LogP contribution in [0.5, 0.6) is 0 Å². The van der Waals surface area contributed by atoms with E-state index in [2.05, 4.69) is 57.1 Å². The van der Waals surface area contributed by atoms with Crippen LogP contribution < -0.4 is 10.2 Å². The molecule has 0 spiro atoms. The summed E-state index contributed by atoms with van der Waals surface area (Å²) in [7, 11) is 4.05. The molecule has 0 aliphatic carbocycles. The largest absolute Gasteiger partial charge is 0.370 e. The Morgan fingerprint density at radius 1 is 1.33 bits per heavy atom. The zero-order valence-electron chi connectivity index (χ0n) is 12.3. The Bertz CT molecular complexity index is 396. The summed E-state index contributed by atoms with van der Waals surface area (Å²) < 4.78 is 0. The van der Waals surface area contributed by atoms with Gasteiger partial charge in [-0.2, -0.15) is 0 Å². The fraction of sp³-hybridized carbons (Fsp3) is 0.600. The summed E-state index contributed by atoms with van der Waals surface area (Å²) in [6.45, 7) is 9.82. The lowest BCUT2D eigenvalue weighted by Gasteiger charge is -2.37. The summed E-state index contributed by atoms with van der Waals surface area (Å²) in [5, 5.41) is 3.96. The fourth-order valence-corrected chi connectivity index (χ4v) is 2.28. The smallest absolute Gasteiger partial charge is 0.0642 e. The zero-order chi connectivity index (χ0) is 13.9. The van der Waals surface area contributed by atoms with Gasteiger partial charge in [-0.25, -0.2) is 0 Å². The van der Waals surface area contributed by atoms with Crippen LogP contribution in [-0.4, -0.2) is 20.1 Å². The lowest BCUT2D eigenvalue weighted by molar-refractivity contribution is 0.330. The Labute approximate surface area is 116 Å². The Morgan fingerprint density at radius 3 is 2.39 bits per heavy atom. The Kier molecular flexibility index (Phi) is 5.06. The number of nitrogens with zero attached hydrogens (tertiary/aromatic N) is 1. The minimum Gasteiger partial charge on any atom is -0.370 e. The highest BCUT2D eigenvalue weighted by atomic mass is 35.5. The van der Waals surface area contributed by atoms with E-state index in [9.17, 15) is 0 Å². The fourth-order valence-electron chi connectivity index (χ4n) is 1.94. The van der Waals surface area contributed by atoms with Crippen LogP contribution in [0.3, 0.4) is 0 Å². The first kappa shape index (κ1) is 15.3. The molecule has 1 aromatic carbocycles. The molecule has 1 N–H and O–H groups in total. The molecule has 18 heavy (non-hydrogen) atoms. The maximum absolute atomic E-state index is 6.38. The van der Waals surface area contributed by atoms with E-state index in [-0.39, 0.29) is 5.41 Å². The highest BCUT2D eigenvalue weighted by molar-refractivity contribution is 6.33. The van der Waals surface area contributed by atoms with Crippen molar-refractivity contribution in [3.63, 3.8) is 0 Å². The Hall–Kier alpha value is -0.730. The van der Waals surface area contributed by atoms with Crippen molar-refractivity contribution in [2.24, 2.45) is 5.41 Å². The summed E-state index contributed by atoms with van der Waals surface area (Å²) in [5.74, 6) is 0. The third-order valence-electron chi connectivity index (χ3n) is 3.61. The third kappa shape index (κ3) is 3.63. The van der Waals surface area contributed by atoms with Crippen LogP contribution in [0.25, 0.3) is 0 Å². The molecule has 0 saturated carbocycles. The van der Waals surface area contributed by atoms with Gasteiger partial charge in [-0.05, 0) is 37.1 Å². The maximum Gasteiger partial charge on any atom is 0.0642 e. The van der Waals surface area contributed by atoms with Gasteiger partial charge in [0.25, 0.3) is 0 Å². The minimum absolute atomic E-state index is 0.224. The lowest BCUT2D eigenvalue weighted by Crippen LogP contribution is -2.39. The monoisotopic (exact) mass is 268 g/mol. The molecule has 0 amide bonds. The molecule has 3 heteroatoms. The van der Waals surface area contributed by atoms with Gasteiger partial charge in [0.1, 0.15) is 0 Å². The Morgan fingerprint density at radius 2 is 1.94 bits per heavy atom. The Balaban J connectivity index is 2.96. The van der Waals surface area contributed by atoms with Crippen LogP contribution in [0, 0.1) is 5.41 Å². The molecule has 0 saturated heterocycles. The number of anilines is 1. The predicted molar refractivity (Wildman–Crippen MR) is 81.5 cm³/mol. The average molecular weight is 269 g/mol. The number of nitrogens with one attached hydrogen (secondary N) is 1. The highest BCUT2D eigenvalue weighted by Gasteiger charge is 2.25. The van der Waals surface area contributed by atoms with Crippen molar-refractivity contribution in [1.29, 1.82) is 0 Å². The predicted octanol–water partition coefficient (Wildman–Crippen LogP) is 3.93. The normalized spacial score (nSPS) is 13.5. The van der Waals surface area contributed by atoms with Crippen LogP contribution in [0.4, 0.5) is 5.69 Å². The average Bonchev–Trinajstić information content (AvgIpc) is 2.26. The highest BCUT2D eigenvalue weighted by Crippen LogP contribution is 2.32. The van der Waals surface area contributed by atoms with Crippen LogP contribution in [0.2, 0.25) is 5.02 Å².